The predicted octanol–water partition coefficient (Wildman–Crippen LogP) is 1.17. The Labute approximate surface area is 125 Å². The normalized spacial score (nSPS) is 21.0. The van der Waals surface area contributed by atoms with Crippen LogP contribution in [0.15, 0.2) is 24.3 Å². The molecule has 3 N–H and O–H groups in total. The van der Waals surface area contributed by atoms with Gasteiger partial charge in [0.05, 0.1) is 5.41 Å². The van der Waals surface area contributed by atoms with Crippen LogP contribution in [-0.4, -0.2) is 48.6 Å². The summed E-state index contributed by atoms with van der Waals surface area (Å²) in [7, 11) is 0. The number of amides is 1. The lowest BCUT2D eigenvalue weighted by atomic mass is 9.67. The monoisotopic (exact) mass is 289 g/mol. The molecule has 0 radical (unpaired) electrons. The summed E-state index contributed by atoms with van der Waals surface area (Å²) in [5, 5.41) is 9.34. The highest BCUT2D eigenvalue weighted by atomic mass is 16.3. The Morgan fingerprint density at radius 1 is 1.14 bits per heavy atom. The molecule has 1 aromatic rings. The summed E-state index contributed by atoms with van der Waals surface area (Å²) in [5.41, 5.74) is 6.66. The van der Waals surface area contributed by atoms with Crippen LogP contribution >= 0.6 is 0 Å². The number of hydrogen-bond donors (Lipinski definition) is 2. The van der Waals surface area contributed by atoms with Gasteiger partial charge in [-0.25, -0.2) is 0 Å². The molecule has 1 aliphatic carbocycles. The zero-order chi connectivity index (χ0) is 14.9. The van der Waals surface area contributed by atoms with Crippen LogP contribution < -0.4 is 10.6 Å². The summed E-state index contributed by atoms with van der Waals surface area (Å²) < 4.78 is 0. The fourth-order valence-corrected chi connectivity index (χ4v) is 3.28. The molecule has 1 aliphatic heterocycles. The van der Waals surface area contributed by atoms with Crippen molar-refractivity contribution < 1.29 is 9.90 Å². The van der Waals surface area contributed by atoms with Gasteiger partial charge in [-0.05, 0) is 37.1 Å². The molecule has 114 valence electrons. The number of nitrogens with two attached hydrogens (primary N) is 1. The maximum absolute atomic E-state index is 12.6. The second-order valence-corrected chi connectivity index (χ2v) is 6.13. The van der Waals surface area contributed by atoms with Crippen molar-refractivity contribution in [3.63, 3.8) is 0 Å². The average molecular weight is 289 g/mol. The maximum atomic E-state index is 12.6. The lowest BCUT2D eigenvalue weighted by Gasteiger charge is -2.45. The molecule has 0 spiro atoms. The summed E-state index contributed by atoms with van der Waals surface area (Å²) in [5.74, 6) is 0.532. The number of benzene rings is 1. The van der Waals surface area contributed by atoms with Crippen LogP contribution in [0.5, 0.6) is 5.75 Å². The van der Waals surface area contributed by atoms with E-state index in [4.69, 9.17) is 5.73 Å². The van der Waals surface area contributed by atoms with Crippen LogP contribution in [0.2, 0.25) is 0 Å². The second kappa shape index (κ2) is 5.56. The molecule has 0 atom stereocenters. The van der Waals surface area contributed by atoms with E-state index < -0.39 is 0 Å². The molecule has 3 rings (SSSR count). The van der Waals surface area contributed by atoms with E-state index >= 15 is 0 Å². The number of hydrogen-bond acceptors (Lipinski definition) is 4. The van der Waals surface area contributed by atoms with Crippen LogP contribution in [-0.2, 0) is 4.79 Å². The van der Waals surface area contributed by atoms with Gasteiger partial charge in [-0.15, -0.1) is 0 Å². The number of nitrogens with zero attached hydrogens (tertiary/aromatic N) is 2. The number of carbonyl (C=O) groups excluding carboxylic acids is 1. The van der Waals surface area contributed by atoms with Gasteiger partial charge in [0.1, 0.15) is 5.75 Å². The van der Waals surface area contributed by atoms with Gasteiger partial charge in [-0.3, -0.25) is 4.79 Å². The number of aromatic hydroxyl groups is 1. The average Bonchev–Trinajstić information content (AvgIpc) is 2.48. The van der Waals surface area contributed by atoms with Crippen LogP contribution in [0.3, 0.4) is 0 Å². The number of anilines is 1. The van der Waals surface area contributed by atoms with E-state index in [1.54, 1.807) is 12.1 Å². The van der Waals surface area contributed by atoms with Gasteiger partial charge in [0.25, 0.3) is 0 Å². The van der Waals surface area contributed by atoms with Crippen molar-refractivity contribution >= 4 is 11.6 Å². The largest absolute Gasteiger partial charge is 0.508 e. The highest BCUT2D eigenvalue weighted by Gasteiger charge is 2.45. The van der Waals surface area contributed by atoms with Crippen molar-refractivity contribution in [3.8, 4) is 5.75 Å². The van der Waals surface area contributed by atoms with Crippen molar-refractivity contribution in [3.05, 3.63) is 24.3 Å². The fraction of sp³-hybridized carbons (Fsp3) is 0.562. The summed E-state index contributed by atoms with van der Waals surface area (Å²) in [4.78, 5) is 16.8. The Morgan fingerprint density at radius 2 is 1.76 bits per heavy atom. The van der Waals surface area contributed by atoms with E-state index in [-0.39, 0.29) is 17.1 Å². The Morgan fingerprint density at radius 3 is 2.24 bits per heavy atom. The molecule has 1 saturated heterocycles. The van der Waals surface area contributed by atoms with E-state index in [9.17, 15) is 9.90 Å². The van der Waals surface area contributed by atoms with Gasteiger partial charge in [0, 0.05) is 38.4 Å². The molecule has 1 saturated carbocycles. The van der Waals surface area contributed by atoms with Crippen molar-refractivity contribution in [2.24, 2.45) is 11.1 Å². The molecule has 21 heavy (non-hydrogen) atoms. The molecule has 1 heterocycles. The third-order valence-electron chi connectivity index (χ3n) is 4.94. The predicted molar refractivity (Wildman–Crippen MR) is 82.2 cm³/mol. The number of carbonyl (C=O) groups is 1. The Hall–Kier alpha value is -1.75. The highest BCUT2D eigenvalue weighted by molar-refractivity contribution is 5.84. The number of rotatable bonds is 3. The van der Waals surface area contributed by atoms with E-state index in [2.05, 4.69) is 4.90 Å². The minimum absolute atomic E-state index is 0.251. The quantitative estimate of drug-likeness (QED) is 0.876. The first kappa shape index (κ1) is 14.2. The van der Waals surface area contributed by atoms with E-state index in [1.165, 1.54) is 0 Å². The summed E-state index contributed by atoms with van der Waals surface area (Å²) >= 11 is 0. The van der Waals surface area contributed by atoms with Crippen molar-refractivity contribution in [2.45, 2.75) is 19.3 Å². The molecule has 5 heteroatoms. The van der Waals surface area contributed by atoms with E-state index in [0.717, 1.165) is 51.1 Å². The fourth-order valence-electron chi connectivity index (χ4n) is 3.28. The minimum Gasteiger partial charge on any atom is -0.508 e. The lowest BCUT2D eigenvalue weighted by Crippen LogP contribution is -2.57. The second-order valence-electron chi connectivity index (χ2n) is 6.13. The van der Waals surface area contributed by atoms with Gasteiger partial charge >= 0.3 is 0 Å². The zero-order valence-electron chi connectivity index (χ0n) is 12.3. The smallest absolute Gasteiger partial charge is 0.230 e. The van der Waals surface area contributed by atoms with Crippen molar-refractivity contribution in [1.82, 2.24) is 4.90 Å². The van der Waals surface area contributed by atoms with Crippen LogP contribution in [0, 0.1) is 5.41 Å². The number of phenolic OH excluding ortho intramolecular Hbond substituents is 1. The van der Waals surface area contributed by atoms with Crippen LogP contribution in [0.4, 0.5) is 5.69 Å². The molecule has 1 amide bonds. The van der Waals surface area contributed by atoms with E-state index in [0.29, 0.717) is 6.54 Å². The summed E-state index contributed by atoms with van der Waals surface area (Å²) in [6, 6.07) is 7.23. The number of phenols is 1. The first-order valence-corrected chi connectivity index (χ1v) is 7.68. The van der Waals surface area contributed by atoms with Gasteiger partial charge < -0.3 is 20.6 Å². The lowest BCUT2D eigenvalue weighted by molar-refractivity contribution is -0.147. The molecule has 1 aromatic carbocycles. The topological polar surface area (TPSA) is 69.8 Å². The molecular formula is C16H23N3O2. The van der Waals surface area contributed by atoms with E-state index in [1.807, 2.05) is 17.0 Å². The standard InChI is InChI=1S/C16H23N3O2/c17-12-16(6-1-7-16)15(21)19-10-8-18(9-11-19)13-2-4-14(20)5-3-13/h2-5,20H,1,6-12,17H2. The molecule has 0 bridgehead atoms. The SMILES string of the molecule is NCC1(C(=O)N2CCN(c3ccc(O)cc3)CC2)CCC1. The van der Waals surface area contributed by atoms with Gasteiger partial charge in [0.15, 0.2) is 0 Å². The van der Waals surface area contributed by atoms with Crippen molar-refractivity contribution in [2.75, 3.05) is 37.6 Å². The first-order valence-electron chi connectivity index (χ1n) is 7.68. The Bertz CT molecular complexity index is 497. The highest BCUT2D eigenvalue weighted by Crippen LogP contribution is 2.41. The number of piperazine rings is 1. The van der Waals surface area contributed by atoms with Crippen molar-refractivity contribution in [1.29, 1.82) is 0 Å². The van der Waals surface area contributed by atoms with Gasteiger partial charge in [0.2, 0.25) is 5.91 Å². The van der Waals surface area contributed by atoms with Crippen LogP contribution in [0.1, 0.15) is 19.3 Å². The summed E-state index contributed by atoms with van der Waals surface area (Å²) in [6.45, 7) is 3.64. The molecule has 2 fully saturated rings. The molecular weight excluding hydrogens is 266 g/mol. The van der Waals surface area contributed by atoms with Crippen LogP contribution in [0.25, 0.3) is 0 Å². The zero-order valence-corrected chi connectivity index (χ0v) is 12.3. The molecule has 0 unspecified atom stereocenters. The first-order chi connectivity index (χ1) is 10.1. The minimum atomic E-state index is -0.263. The summed E-state index contributed by atoms with van der Waals surface area (Å²) in [6.07, 6.45) is 3.01. The van der Waals surface area contributed by atoms with Gasteiger partial charge in [-0.2, -0.15) is 0 Å². The third kappa shape index (κ3) is 2.58. The maximum Gasteiger partial charge on any atom is 0.230 e. The Balaban J connectivity index is 1.60. The Kier molecular flexibility index (Phi) is 3.76. The molecule has 0 aromatic heterocycles. The van der Waals surface area contributed by atoms with Gasteiger partial charge in [-0.1, -0.05) is 6.42 Å². The molecule has 2 aliphatic rings. The third-order valence-corrected chi connectivity index (χ3v) is 4.94. The molecule has 5 nitrogen and oxygen atoms in total.